The normalized spacial score (nSPS) is 30.9. The summed E-state index contributed by atoms with van der Waals surface area (Å²) in [5.74, 6) is -2.29. The van der Waals surface area contributed by atoms with Gasteiger partial charge in [-0.05, 0) is 12.8 Å². The topological polar surface area (TPSA) is 101 Å². The molecular weight excluding hydrogens is 286 g/mol. The summed E-state index contributed by atoms with van der Waals surface area (Å²) < 4.78 is 28.0. The van der Waals surface area contributed by atoms with Gasteiger partial charge in [-0.3, -0.25) is 9.59 Å². The molecule has 20 heavy (non-hydrogen) atoms. The Morgan fingerprint density at radius 1 is 1.35 bits per heavy atom. The predicted molar refractivity (Wildman–Crippen MR) is 69.9 cm³/mol. The summed E-state index contributed by atoms with van der Waals surface area (Å²) in [4.78, 5) is 24.7. The molecule has 1 amide bonds. The fourth-order valence-electron chi connectivity index (χ4n) is 2.64. The molecule has 2 aliphatic rings. The Bertz CT molecular complexity index is 502. The number of carboxylic acid groups (broad SMARTS) is 1. The van der Waals surface area contributed by atoms with Crippen LogP contribution < -0.4 is 0 Å². The minimum atomic E-state index is -3.09. The number of sulfone groups is 1. The van der Waals surface area contributed by atoms with Crippen LogP contribution in [0.3, 0.4) is 0 Å². The van der Waals surface area contributed by atoms with Gasteiger partial charge in [0.05, 0.1) is 29.9 Å². The first kappa shape index (κ1) is 15.2. The van der Waals surface area contributed by atoms with Crippen molar-refractivity contribution in [2.24, 2.45) is 11.8 Å². The van der Waals surface area contributed by atoms with Crippen LogP contribution in [0.2, 0.25) is 0 Å². The summed E-state index contributed by atoms with van der Waals surface area (Å²) in [5.41, 5.74) is 0. The number of ether oxygens (including phenoxy) is 1. The van der Waals surface area contributed by atoms with Crippen molar-refractivity contribution in [3.63, 3.8) is 0 Å². The second kappa shape index (κ2) is 5.69. The van der Waals surface area contributed by atoms with E-state index < -0.39 is 27.6 Å². The van der Waals surface area contributed by atoms with E-state index in [9.17, 15) is 18.0 Å². The minimum absolute atomic E-state index is 0.0348. The van der Waals surface area contributed by atoms with Gasteiger partial charge in [-0.15, -0.1) is 0 Å². The molecule has 0 spiro atoms. The lowest BCUT2D eigenvalue weighted by atomic mass is 10.2. The average Bonchev–Trinajstić information content (AvgIpc) is 3.09. The van der Waals surface area contributed by atoms with Crippen molar-refractivity contribution in [1.29, 1.82) is 0 Å². The molecular formula is C12H19NO6S. The van der Waals surface area contributed by atoms with Crippen LogP contribution in [0.1, 0.15) is 12.8 Å². The molecule has 1 saturated heterocycles. The monoisotopic (exact) mass is 305 g/mol. The van der Waals surface area contributed by atoms with Gasteiger partial charge in [0.15, 0.2) is 9.84 Å². The zero-order chi connectivity index (χ0) is 14.9. The molecule has 0 aromatic rings. The molecule has 2 fully saturated rings. The maximum atomic E-state index is 12.3. The van der Waals surface area contributed by atoms with E-state index in [1.807, 2.05) is 0 Å². The van der Waals surface area contributed by atoms with E-state index in [0.29, 0.717) is 26.0 Å². The third-order valence-corrected chi connectivity index (χ3v) is 5.64. The molecule has 1 aliphatic heterocycles. The van der Waals surface area contributed by atoms with Crippen LogP contribution in [0.4, 0.5) is 0 Å². The molecule has 8 heteroatoms. The second-order valence-electron chi connectivity index (χ2n) is 5.37. The van der Waals surface area contributed by atoms with E-state index in [0.717, 1.165) is 0 Å². The minimum Gasteiger partial charge on any atom is -0.481 e. The lowest BCUT2D eigenvalue weighted by Crippen LogP contribution is -2.44. The van der Waals surface area contributed by atoms with Gasteiger partial charge in [-0.1, -0.05) is 0 Å². The highest BCUT2D eigenvalue weighted by atomic mass is 32.2. The number of methoxy groups -OCH3 is 1. The standard InChI is InChI=1S/C12H19NO6S/c1-19-4-3-13(8-2-5-20(17,18)7-8)11(14)9-6-10(9)12(15)16/h8-10H,2-7H2,1H3,(H,15,16). The van der Waals surface area contributed by atoms with Crippen LogP contribution in [0.5, 0.6) is 0 Å². The maximum absolute atomic E-state index is 12.3. The Labute approximate surface area is 117 Å². The highest BCUT2D eigenvalue weighted by Crippen LogP contribution is 2.40. The number of hydrogen-bond acceptors (Lipinski definition) is 5. The highest BCUT2D eigenvalue weighted by molar-refractivity contribution is 7.91. The predicted octanol–water partition coefficient (Wildman–Crippen LogP) is -0.631. The molecule has 114 valence electrons. The Hall–Kier alpha value is -1.15. The number of aliphatic carboxylic acids is 1. The number of carbonyl (C=O) groups is 2. The summed E-state index contributed by atoms with van der Waals surface area (Å²) in [6.45, 7) is 0.616. The maximum Gasteiger partial charge on any atom is 0.307 e. The lowest BCUT2D eigenvalue weighted by Gasteiger charge is -2.28. The van der Waals surface area contributed by atoms with Crippen LogP contribution in [0, 0.1) is 11.8 Å². The van der Waals surface area contributed by atoms with Gasteiger partial charge in [-0.25, -0.2) is 8.42 Å². The van der Waals surface area contributed by atoms with Gasteiger partial charge in [0.1, 0.15) is 0 Å². The molecule has 3 unspecified atom stereocenters. The third-order valence-electron chi connectivity index (χ3n) is 3.89. The van der Waals surface area contributed by atoms with Gasteiger partial charge in [0.25, 0.3) is 0 Å². The SMILES string of the molecule is COCCN(C(=O)C1CC1C(=O)O)C1CCS(=O)(=O)C1. The molecule has 0 aromatic heterocycles. The van der Waals surface area contributed by atoms with Crippen LogP contribution in [0.15, 0.2) is 0 Å². The van der Waals surface area contributed by atoms with Crippen LogP contribution in [0.25, 0.3) is 0 Å². The van der Waals surface area contributed by atoms with E-state index in [1.165, 1.54) is 12.0 Å². The first-order chi connectivity index (χ1) is 9.35. The largest absolute Gasteiger partial charge is 0.481 e. The number of hydrogen-bond donors (Lipinski definition) is 1. The lowest BCUT2D eigenvalue weighted by molar-refractivity contribution is -0.142. The van der Waals surface area contributed by atoms with Crippen molar-refractivity contribution in [3.8, 4) is 0 Å². The van der Waals surface area contributed by atoms with Crippen LogP contribution >= 0.6 is 0 Å². The van der Waals surface area contributed by atoms with Crippen molar-refractivity contribution < 1.29 is 27.9 Å². The molecule has 1 N–H and O–H groups in total. The fraction of sp³-hybridized carbons (Fsp3) is 0.833. The number of carboxylic acids is 1. The number of nitrogens with zero attached hydrogens (tertiary/aromatic N) is 1. The summed E-state index contributed by atoms with van der Waals surface area (Å²) >= 11 is 0. The molecule has 1 heterocycles. The van der Waals surface area contributed by atoms with E-state index in [1.54, 1.807) is 0 Å². The zero-order valence-electron chi connectivity index (χ0n) is 11.3. The summed E-state index contributed by atoms with van der Waals surface area (Å²) in [6.07, 6.45) is 0.763. The van der Waals surface area contributed by atoms with E-state index >= 15 is 0 Å². The molecule has 1 aliphatic carbocycles. The summed E-state index contributed by atoms with van der Waals surface area (Å²) in [7, 11) is -1.58. The van der Waals surface area contributed by atoms with Crippen molar-refractivity contribution in [2.75, 3.05) is 31.8 Å². The first-order valence-electron chi connectivity index (χ1n) is 6.58. The molecule has 2 rings (SSSR count). The molecule has 7 nitrogen and oxygen atoms in total. The quantitative estimate of drug-likeness (QED) is 0.701. The Kier molecular flexibility index (Phi) is 4.33. The van der Waals surface area contributed by atoms with Crippen LogP contribution in [-0.2, 0) is 24.2 Å². The van der Waals surface area contributed by atoms with Gasteiger partial charge in [0, 0.05) is 19.7 Å². The van der Waals surface area contributed by atoms with Crippen molar-refractivity contribution in [1.82, 2.24) is 4.90 Å². The molecule has 1 saturated carbocycles. The Morgan fingerprint density at radius 3 is 2.50 bits per heavy atom. The van der Waals surface area contributed by atoms with E-state index in [2.05, 4.69) is 0 Å². The van der Waals surface area contributed by atoms with Gasteiger partial charge in [-0.2, -0.15) is 0 Å². The van der Waals surface area contributed by atoms with Gasteiger partial charge < -0.3 is 14.7 Å². The summed E-state index contributed by atoms with van der Waals surface area (Å²) in [5, 5.41) is 8.89. The fourth-order valence-corrected chi connectivity index (χ4v) is 4.37. The highest BCUT2D eigenvalue weighted by Gasteiger charge is 2.51. The third kappa shape index (κ3) is 3.29. The average molecular weight is 305 g/mol. The van der Waals surface area contributed by atoms with E-state index in [4.69, 9.17) is 9.84 Å². The number of amides is 1. The smallest absolute Gasteiger partial charge is 0.307 e. The zero-order valence-corrected chi connectivity index (χ0v) is 12.1. The van der Waals surface area contributed by atoms with Crippen molar-refractivity contribution in [2.45, 2.75) is 18.9 Å². The van der Waals surface area contributed by atoms with E-state index in [-0.39, 0.29) is 23.5 Å². The summed E-state index contributed by atoms with van der Waals surface area (Å²) in [6, 6.07) is -0.349. The second-order valence-corrected chi connectivity index (χ2v) is 7.60. The molecule has 0 bridgehead atoms. The molecule has 0 radical (unpaired) electrons. The Morgan fingerprint density at radius 2 is 2.05 bits per heavy atom. The van der Waals surface area contributed by atoms with Gasteiger partial charge >= 0.3 is 5.97 Å². The number of carbonyl (C=O) groups excluding carboxylic acids is 1. The molecule has 3 atom stereocenters. The van der Waals surface area contributed by atoms with Crippen LogP contribution in [-0.4, -0.2) is 68.1 Å². The number of rotatable bonds is 6. The van der Waals surface area contributed by atoms with Crippen molar-refractivity contribution >= 4 is 21.7 Å². The van der Waals surface area contributed by atoms with Gasteiger partial charge in [0.2, 0.25) is 5.91 Å². The molecule has 0 aromatic carbocycles. The first-order valence-corrected chi connectivity index (χ1v) is 8.40. The Balaban J connectivity index is 2.04. The van der Waals surface area contributed by atoms with Crippen molar-refractivity contribution in [3.05, 3.63) is 0 Å².